The van der Waals surface area contributed by atoms with Crippen molar-refractivity contribution in [1.82, 2.24) is 10.6 Å². The molecule has 6 nitrogen and oxygen atoms in total. The van der Waals surface area contributed by atoms with Crippen LogP contribution in [0.5, 0.6) is 5.75 Å². The number of fused-ring (bicyclic) bond motifs is 1. The Morgan fingerprint density at radius 2 is 2.00 bits per heavy atom. The zero-order valence-corrected chi connectivity index (χ0v) is 14.5. The Kier molecular flexibility index (Phi) is 5.65. The van der Waals surface area contributed by atoms with Gasteiger partial charge in [0.1, 0.15) is 18.0 Å². The third-order valence-electron chi connectivity index (χ3n) is 3.04. The second-order valence-corrected chi connectivity index (χ2v) is 6.52. The molecule has 1 amide bonds. The first kappa shape index (κ1) is 17.3. The van der Waals surface area contributed by atoms with Gasteiger partial charge in [-0.05, 0) is 45.1 Å². The van der Waals surface area contributed by atoms with Crippen molar-refractivity contribution >= 4 is 29.1 Å². The Labute approximate surface area is 142 Å². The molecule has 23 heavy (non-hydrogen) atoms. The van der Waals surface area contributed by atoms with E-state index in [1.807, 2.05) is 49.9 Å². The predicted octanol–water partition coefficient (Wildman–Crippen LogP) is 2.28. The molecular formula is C16H23N3O3S. The molecule has 0 bridgehead atoms. The highest BCUT2D eigenvalue weighted by molar-refractivity contribution is 7.80. The molecule has 0 saturated carbocycles. The fraction of sp³-hybridized carbons (Fsp3) is 0.500. The van der Waals surface area contributed by atoms with Gasteiger partial charge in [-0.1, -0.05) is 12.1 Å². The molecule has 0 saturated heterocycles. The third-order valence-corrected chi connectivity index (χ3v) is 3.41. The van der Waals surface area contributed by atoms with Crippen LogP contribution in [0.25, 0.3) is 0 Å². The topological polar surface area (TPSA) is 62.8 Å². The van der Waals surface area contributed by atoms with Crippen LogP contribution in [0.4, 0.5) is 10.5 Å². The number of benzene rings is 1. The van der Waals surface area contributed by atoms with E-state index in [9.17, 15) is 4.79 Å². The molecule has 0 aliphatic carbocycles. The van der Waals surface area contributed by atoms with Crippen molar-refractivity contribution < 1.29 is 14.3 Å². The number of para-hydroxylation sites is 2. The first-order chi connectivity index (χ1) is 10.9. The number of thiocarbonyl (C=S) groups is 1. The van der Waals surface area contributed by atoms with E-state index < -0.39 is 11.7 Å². The van der Waals surface area contributed by atoms with Gasteiger partial charge >= 0.3 is 6.09 Å². The van der Waals surface area contributed by atoms with E-state index in [0.29, 0.717) is 31.4 Å². The average Bonchev–Trinajstić information content (AvgIpc) is 2.49. The van der Waals surface area contributed by atoms with Crippen molar-refractivity contribution in [2.45, 2.75) is 26.4 Å². The van der Waals surface area contributed by atoms with Gasteiger partial charge in [-0.25, -0.2) is 4.79 Å². The molecule has 7 heteroatoms. The molecule has 1 aromatic rings. The summed E-state index contributed by atoms with van der Waals surface area (Å²) in [7, 11) is 0. The lowest BCUT2D eigenvalue weighted by Crippen LogP contribution is -2.46. The molecule has 0 unspecified atom stereocenters. The summed E-state index contributed by atoms with van der Waals surface area (Å²) < 4.78 is 10.8. The number of ether oxygens (including phenoxy) is 2. The van der Waals surface area contributed by atoms with Gasteiger partial charge < -0.3 is 25.0 Å². The van der Waals surface area contributed by atoms with Crippen molar-refractivity contribution in [3.05, 3.63) is 24.3 Å². The minimum atomic E-state index is -0.496. The van der Waals surface area contributed by atoms with Crippen LogP contribution in [-0.2, 0) is 4.74 Å². The van der Waals surface area contributed by atoms with Crippen LogP contribution in [0.1, 0.15) is 20.8 Å². The number of alkyl carbamates (subject to hydrolysis) is 1. The summed E-state index contributed by atoms with van der Waals surface area (Å²) in [5.41, 5.74) is 0.459. The molecule has 2 N–H and O–H groups in total. The minimum absolute atomic E-state index is 0.429. The second kappa shape index (κ2) is 7.50. The fourth-order valence-corrected chi connectivity index (χ4v) is 2.42. The van der Waals surface area contributed by atoms with E-state index >= 15 is 0 Å². The maximum absolute atomic E-state index is 11.5. The summed E-state index contributed by atoms with van der Waals surface area (Å²) in [6, 6.07) is 7.78. The first-order valence-electron chi connectivity index (χ1n) is 7.61. The number of hydrogen-bond donors (Lipinski definition) is 2. The zero-order valence-electron chi connectivity index (χ0n) is 13.7. The van der Waals surface area contributed by atoms with E-state index in [0.717, 1.165) is 11.4 Å². The van der Waals surface area contributed by atoms with Crippen LogP contribution in [0.2, 0.25) is 0 Å². The molecule has 0 atom stereocenters. The Balaban J connectivity index is 1.77. The summed E-state index contributed by atoms with van der Waals surface area (Å²) in [5, 5.41) is 6.45. The number of hydrogen-bond acceptors (Lipinski definition) is 4. The van der Waals surface area contributed by atoms with Gasteiger partial charge in [0.2, 0.25) is 0 Å². The summed E-state index contributed by atoms with van der Waals surface area (Å²) in [6.45, 7) is 7.73. The molecule has 1 aromatic carbocycles. The summed E-state index contributed by atoms with van der Waals surface area (Å²) in [6.07, 6.45) is -0.429. The minimum Gasteiger partial charge on any atom is -0.490 e. The van der Waals surface area contributed by atoms with Gasteiger partial charge in [-0.15, -0.1) is 0 Å². The average molecular weight is 337 g/mol. The smallest absolute Gasteiger partial charge is 0.407 e. The number of nitrogens with one attached hydrogen (secondary N) is 2. The van der Waals surface area contributed by atoms with Crippen LogP contribution < -0.4 is 20.3 Å². The van der Waals surface area contributed by atoms with Crippen LogP contribution in [0.3, 0.4) is 0 Å². The van der Waals surface area contributed by atoms with Crippen molar-refractivity contribution in [1.29, 1.82) is 0 Å². The van der Waals surface area contributed by atoms with Gasteiger partial charge in [-0.3, -0.25) is 0 Å². The van der Waals surface area contributed by atoms with Gasteiger partial charge in [-0.2, -0.15) is 0 Å². The molecule has 2 rings (SSSR count). The standard InChI is InChI=1S/C16H23N3O3S/c1-16(2,3)22-15(20)18-9-8-17-14(23)19-10-11-21-13-7-5-4-6-12(13)19/h4-7H,8-11H2,1-3H3,(H,17,23)(H,18,20). The predicted molar refractivity (Wildman–Crippen MR) is 94.1 cm³/mol. The van der Waals surface area contributed by atoms with E-state index in [-0.39, 0.29) is 0 Å². The maximum Gasteiger partial charge on any atom is 0.407 e. The van der Waals surface area contributed by atoms with Crippen molar-refractivity contribution in [3.8, 4) is 5.75 Å². The quantitative estimate of drug-likeness (QED) is 0.652. The van der Waals surface area contributed by atoms with Crippen LogP contribution in [0, 0.1) is 0 Å². The van der Waals surface area contributed by atoms with Crippen molar-refractivity contribution in [2.75, 3.05) is 31.1 Å². The van der Waals surface area contributed by atoms with E-state index in [1.165, 1.54) is 0 Å². The Bertz CT molecular complexity index is 572. The van der Waals surface area contributed by atoms with Gasteiger partial charge in [0.05, 0.1) is 12.2 Å². The largest absolute Gasteiger partial charge is 0.490 e. The van der Waals surface area contributed by atoms with Crippen LogP contribution >= 0.6 is 12.2 Å². The van der Waals surface area contributed by atoms with Crippen molar-refractivity contribution in [3.63, 3.8) is 0 Å². The summed E-state index contributed by atoms with van der Waals surface area (Å²) in [5.74, 6) is 0.828. The lowest BCUT2D eigenvalue weighted by Gasteiger charge is -2.31. The number of rotatable bonds is 3. The number of carbonyl (C=O) groups is 1. The fourth-order valence-electron chi connectivity index (χ4n) is 2.12. The monoisotopic (exact) mass is 337 g/mol. The molecule has 126 valence electrons. The molecule has 1 aliphatic rings. The van der Waals surface area contributed by atoms with Gasteiger partial charge in [0, 0.05) is 13.1 Å². The van der Waals surface area contributed by atoms with E-state index in [2.05, 4.69) is 10.6 Å². The number of carbonyl (C=O) groups excluding carboxylic acids is 1. The highest BCUT2D eigenvalue weighted by Gasteiger charge is 2.20. The maximum atomic E-state index is 11.5. The second-order valence-electron chi connectivity index (χ2n) is 6.13. The lowest BCUT2D eigenvalue weighted by molar-refractivity contribution is 0.0529. The first-order valence-corrected chi connectivity index (χ1v) is 8.02. The summed E-state index contributed by atoms with van der Waals surface area (Å²) >= 11 is 5.43. The Morgan fingerprint density at radius 1 is 1.30 bits per heavy atom. The highest BCUT2D eigenvalue weighted by Crippen LogP contribution is 2.30. The number of anilines is 1. The molecule has 0 fully saturated rings. The molecule has 0 radical (unpaired) electrons. The third kappa shape index (κ3) is 5.28. The number of nitrogens with zero attached hydrogens (tertiary/aromatic N) is 1. The normalized spacial score (nSPS) is 13.6. The molecule has 1 heterocycles. The molecule has 0 aromatic heterocycles. The lowest BCUT2D eigenvalue weighted by atomic mass is 10.2. The van der Waals surface area contributed by atoms with E-state index in [1.54, 1.807) is 0 Å². The van der Waals surface area contributed by atoms with Crippen molar-refractivity contribution in [2.24, 2.45) is 0 Å². The molecule has 1 aliphatic heterocycles. The Morgan fingerprint density at radius 3 is 2.74 bits per heavy atom. The van der Waals surface area contributed by atoms with Crippen LogP contribution in [0.15, 0.2) is 24.3 Å². The number of amides is 1. The Hall–Kier alpha value is -2.02. The van der Waals surface area contributed by atoms with Gasteiger partial charge in [0.15, 0.2) is 5.11 Å². The van der Waals surface area contributed by atoms with Gasteiger partial charge in [0.25, 0.3) is 0 Å². The molecular weight excluding hydrogens is 314 g/mol. The van der Waals surface area contributed by atoms with Crippen LogP contribution in [-0.4, -0.2) is 43.0 Å². The highest BCUT2D eigenvalue weighted by atomic mass is 32.1. The zero-order chi connectivity index (χ0) is 16.9. The summed E-state index contributed by atoms with van der Waals surface area (Å²) in [4.78, 5) is 13.5. The SMILES string of the molecule is CC(C)(C)OC(=O)NCCNC(=S)N1CCOc2ccccc21. The molecule has 0 spiro atoms. The van der Waals surface area contributed by atoms with E-state index in [4.69, 9.17) is 21.7 Å².